The van der Waals surface area contributed by atoms with Crippen molar-refractivity contribution in [2.24, 2.45) is 26.7 Å². The summed E-state index contributed by atoms with van der Waals surface area (Å²) in [6.07, 6.45) is 1.01. The van der Waals surface area contributed by atoms with Gasteiger partial charge in [-0.2, -0.15) is 10.1 Å². The molecule has 0 aromatic carbocycles. The van der Waals surface area contributed by atoms with Gasteiger partial charge >= 0.3 is 0 Å². The summed E-state index contributed by atoms with van der Waals surface area (Å²) in [7, 11) is 0. The van der Waals surface area contributed by atoms with Crippen LogP contribution in [-0.2, 0) is 4.74 Å². The van der Waals surface area contributed by atoms with Gasteiger partial charge in [0.2, 0.25) is 5.96 Å². The van der Waals surface area contributed by atoms with Gasteiger partial charge in [0.15, 0.2) is 6.17 Å². The first-order valence-electron chi connectivity index (χ1n) is 6.96. The van der Waals surface area contributed by atoms with E-state index in [0.717, 1.165) is 48.9 Å². The van der Waals surface area contributed by atoms with E-state index in [1.165, 1.54) is 0 Å². The lowest BCUT2D eigenvalue weighted by Gasteiger charge is -2.33. The Kier molecular flexibility index (Phi) is 4.11. The minimum Gasteiger partial charge on any atom is -0.386 e. The van der Waals surface area contributed by atoms with Crippen molar-refractivity contribution in [3.8, 4) is 0 Å². The van der Waals surface area contributed by atoms with E-state index < -0.39 is 0 Å². The van der Waals surface area contributed by atoms with Crippen LogP contribution in [0.4, 0.5) is 0 Å². The number of morpholine rings is 1. The molecule has 3 aliphatic rings. The van der Waals surface area contributed by atoms with Gasteiger partial charge in [-0.25, -0.2) is 4.99 Å². The normalized spacial score (nSPS) is 29.8. The highest BCUT2D eigenvalue weighted by atomic mass is 127. The van der Waals surface area contributed by atoms with Crippen LogP contribution in [0.25, 0.3) is 0 Å². The summed E-state index contributed by atoms with van der Waals surface area (Å²) in [4.78, 5) is 11.4. The molecule has 0 aliphatic carbocycles. The molecule has 0 bridgehead atoms. The van der Waals surface area contributed by atoms with Gasteiger partial charge in [-0.3, -0.25) is 5.01 Å². The van der Waals surface area contributed by atoms with Gasteiger partial charge in [-0.05, 0) is 29.0 Å². The first-order chi connectivity index (χ1) is 9.70. The van der Waals surface area contributed by atoms with Gasteiger partial charge in [0.05, 0.1) is 13.2 Å². The van der Waals surface area contributed by atoms with Crippen molar-refractivity contribution in [1.29, 1.82) is 0 Å². The molecule has 2 atom stereocenters. The molecule has 3 aliphatic heterocycles. The summed E-state index contributed by atoms with van der Waals surface area (Å²) in [5, 5.41) is 6.61. The highest BCUT2D eigenvalue weighted by Crippen LogP contribution is 2.29. The number of ether oxygens (including phenoxy) is 1. The van der Waals surface area contributed by atoms with E-state index in [-0.39, 0.29) is 12.1 Å². The van der Waals surface area contributed by atoms with Crippen LogP contribution in [0.5, 0.6) is 0 Å². The van der Waals surface area contributed by atoms with Crippen LogP contribution >= 0.6 is 22.6 Å². The Morgan fingerprint density at radius 1 is 1.40 bits per heavy atom. The Morgan fingerprint density at radius 2 is 2.15 bits per heavy atom. The number of halogens is 1. The van der Waals surface area contributed by atoms with Crippen molar-refractivity contribution in [3.05, 3.63) is 0 Å². The van der Waals surface area contributed by atoms with E-state index in [1.807, 2.05) is 5.01 Å². The first-order valence-corrected chi connectivity index (χ1v) is 8.03. The van der Waals surface area contributed by atoms with Gasteiger partial charge in [0, 0.05) is 19.6 Å². The molecule has 0 spiro atoms. The molecular weight excluding hydrogens is 371 g/mol. The van der Waals surface area contributed by atoms with Gasteiger partial charge in [0.25, 0.3) is 0 Å². The van der Waals surface area contributed by atoms with Crippen molar-refractivity contribution in [3.63, 3.8) is 0 Å². The smallest absolute Gasteiger partial charge is 0.224 e. The lowest BCUT2D eigenvalue weighted by Crippen LogP contribution is -2.48. The average molecular weight is 390 g/mol. The van der Waals surface area contributed by atoms with Crippen LogP contribution in [0.1, 0.15) is 13.3 Å². The summed E-state index contributed by atoms with van der Waals surface area (Å²) in [5.74, 6) is 1.37. The largest absolute Gasteiger partial charge is 0.386 e. The molecule has 0 amide bonds. The van der Waals surface area contributed by atoms with E-state index in [0.29, 0.717) is 5.84 Å². The number of nitrogens with two attached hydrogens (primary N) is 1. The molecule has 0 aromatic heterocycles. The minimum atomic E-state index is -0.0304. The average Bonchev–Trinajstić information content (AvgIpc) is 2.77. The van der Waals surface area contributed by atoms with Crippen molar-refractivity contribution in [2.45, 2.75) is 19.5 Å². The topological polar surface area (TPSA) is 78.8 Å². The number of fused-ring (bicyclic) bond motifs is 1. The Morgan fingerprint density at radius 3 is 2.85 bits per heavy atom. The maximum Gasteiger partial charge on any atom is 0.224 e. The fourth-order valence-corrected chi connectivity index (χ4v) is 3.53. The summed E-state index contributed by atoms with van der Waals surface area (Å²) in [6, 6.07) is 0. The van der Waals surface area contributed by atoms with E-state index in [9.17, 15) is 0 Å². The van der Waals surface area contributed by atoms with E-state index in [2.05, 4.69) is 44.5 Å². The second-order valence-corrected chi connectivity index (χ2v) is 6.15. The summed E-state index contributed by atoms with van der Waals surface area (Å²) < 4.78 is 6.35. The quantitative estimate of drug-likeness (QED) is 0.695. The van der Waals surface area contributed by atoms with Crippen LogP contribution in [0.15, 0.2) is 15.1 Å². The van der Waals surface area contributed by atoms with E-state index in [4.69, 9.17) is 15.5 Å². The molecule has 7 nitrogen and oxygen atoms in total. The number of hydrazone groups is 1. The molecule has 0 saturated carbocycles. The number of nitrogens with zero attached hydrogens (tertiary/aromatic N) is 5. The van der Waals surface area contributed by atoms with Crippen LogP contribution in [0, 0.1) is 5.92 Å². The Balaban J connectivity index is 1.84. The molecule has 3 heterocycles. The predicted octanol–water partition coefficient (Wildman–Crippen LogP) is 0.462. The third kappa shape index (κ3) is 2.50. The molecule has 0 aromatic rings. The van der Waals surface area contributed by atoms with Crippen molar-refractivity contribution in [2.75, 3.05) is 32.8 Å². The molecule has 0 radical (unpaired) electrons. The lowest BCUT2D eigenvalue weighted by molar-refractivity contribution is 0.0667. The number of amidine groups is 1. The molecular formula is C12H19IN6O. The second-order valence-electron chi connectivity index (χ2n) is 5.04. The number of guanidine groups is 1. The zero-order valence-corrected chi connectivity index (χ0v) is 13.7. The molecule has 2 N–H and O–H groups in total. The lowest BCUT2D eigenvalue weighted by atomic mass is 10.1. The van der Waals surface area contributed by atoms with Crippen LogP contribution < -0.4 is 5.73 Å². The van der Waals surface area contributed by atoms with Crippen LogP contribution in [-0.4, -0.2) is 64.4 Å². The number of rotatable bonds is 2. The second kappa shape index (κ2) is 5.84. The molecule has 8 heteroatoms. The number of hydrogen-bond donors (Lipinski definition) is 1. The molecule has 3 rings (SSSR count). The molecule has 1 fully saturated rings. The Bertz CT molecular complexity index is 471. The highest BCUT2D eigenvalue weighted by molar-refractivity contribution is 14.1. The molecule has 2 unspecified atom stereocenters. The SMILES string of the molecule is CCCN1N=C(I)C2C(N)=NC(N3CCOCC3)=NC21. The van der Waals surface area contributed by atoms with Crippen LogP contribution in [0.2, 0.25) is 0 Å². The Labute approximate surface area is 132 Å². The summed E-state index contributed by atoms with van der Waals surface area (Å²) in [5.41, 5.74) is 6.16. The maximum absolute atomic E-state index is 6.16. The maximum atomic E-state index is 6.16. The van der Waals surface area contributed by atoms with E-state index in [1.54, 1.807) is 0 Å². The van der Waals surface area contributed by atoms with Crippen LogP contribution in [0.3, 0.4) is 0 Å². The standard InChI is InChI=1S/C12H19IN6O/c1-2-3-19-11-8(9(13)17-19)10(14)15-12(16-11)18-4-6-20-7-5-18/h8,11H,2-7H2,1H3,(H2,14,15,16). The third-order valence-electron chi connectivity index (χ3n) is 3.63. The van der Waals surface area contributed by atoms with E-state index >= 15 is 0 Å². The number of aliphatic imine (C=N–C) groups is 2. The monoisotopic (exact) mass is 390 g/mol. The minimum absolute atomic E-state index is 0.0203. The summed E-state index contributed by atoms with van der Waals surface area (Å²) in [6.45, 7) is 6.10. The molecule has 1 saturated heterocycles. The van der Waals surface area contributed by atoms with Crippen molar-refractivity contribution in [1.82, 2.24) is 9.91 Å². The van der Waals surface area contributed by atoms with Gasteiger partial charge in [-0.1, -0.05) is 6.92 Å². The zero-order chi connectivity index (χ0) is 14.1. The van der Waals surface area contributed by atoms with Gasteiger partial charge < -0.3 is 15.4 Å². The zero-order valence-electron chi connectivity index (χ0n) is 11.5. The molecule has 110 valence electrons. The van der Waals surface area contributed by atoms with Gasteiger partial charge in [0.1, 0.15) is 15.5 Å². The van der Waals surface area contributed by atoms with Crippen molar-refractivity contribution >= 4 is 38.1 Å². The highest BCUT2D eigenvalue weighted by Gasteiger charge is 2.41. The molecule has 20 heavy (non-hydrogen) atoms. The predicted molar refractivity (Wildman–Crippen MR) is 87.2 cm³/mol. The first kappa shape index (κ1) is 14.1. The van der Waals surface area contributed by atoms with Crippen molar-refractivity contribution < 1.29 is 4.74 Å². The Hall–Kier alpha value is -0.900. The fraction of sp³-hybridized carbons (Fsp3) is 0.750. The fourth-order valence-electron chi connectivity index (χ4n) is 2.61. The third-order valence-corrected chi connectivity index (χ3v) is 4.51. The summed E-state index contributed by atoms with van der Waals surface area (Å²) >= 11 is 2.24. The number of hydrogen-bond acceptors (Lipinski definition) is 7. The van der Waals surface area contributed by atoms with Gasteiger partial charge in [-0.15, -0.1) is 0 Å².